The fourth-order valence-corrected chi connectivity index (χ4v) is 4.04. The van der Waals surface area contributed by atoms with E-state index in [1.807, 2.05) is 92.1 Å². The molecule has 2 amide bonds. The summed E-state index contributed by atoms with van der Waals surface area (Å²) < 4.78 is 3.56. The van der Waals surface area contributed by atoms with E-state index < -0.39 is 17.8 Å². The fraction of sp³-hybridized carbons (Fsp3) is 0.0882. The molecule has 12 heteroatoms. The van der Waals surface area contributed by atoms with E-state index in [-0.39, 0.29) is 38.5 Å². The molecule has 46 heavy (non-hydrogen) atoms. The Hall–Kier alpha value is -5.58. The Bertz CT molecular complexity index is 1760. The molecule has 0 spiro atoms. The van der Waals surface area contributed by atoms with Crippen molar-refractivity contribution in [2.45, 2.75) is 19.8 Å². The molecule has 0 aliphatic carbocycles. The number of nitrogens with zero attached hydrogens (tertiary/aromatic N) is 7. The van der Waals surface area contributed by atoms with Crippen LogP contribution in [0.2, 0.25) is 0 Å². The number of carbonyl (C=O) groups excluding carboxylic acids is 3. The minimum atomic E-state index is -0.787. The van der Waals surface area contributed by atoms with Gasteiger partial charge in [0.25, 0.3) is 11.8 Å². The minimum absolute atomic E-state index is 0. The SMILES string of the molecule is Cc1ccnc(-c2cc(C(=O)ON3C(=O)CCC3=O)ccn2)c1.[Ir].[c-]1ccccc1-n1cccn1.[c-]1ccccc1-n1cccn1. The van der Waals surface area contributed by atoms with Gasteiger partial charge in [-0.1, -0.05) is 0 Å². The maximum absolute atomic E-state index is 12.1. The van der Waals surface area contributed by atoms with Gasteiger partial charge in [-0.05, 0) is 60.3 Å². The van der Waals surface area contributed by atoms with Crippen LogP contribution in [0.15, 0.2) is 122 Å². The first-order valence-corrected chi connectivity index (χ1v) is 13.9. The molecule has 11 nitrogen and oxygen atoms in total. The molecule has 1 aliphatic rings. The summed E-state index contributed by atoms with van der Waals surface area (Å²) in [6, 6.07) is 32.1. The van der Waals surface area contributed by atoms with Crippen molar-refractivity contribution in [3.8, 4) is 22.8 Å². The van der Waals surface area contributed by atoms with E-state index in [0.29, 0.717) is 16.5 Å². The number of pyridine rings is 2. The van der Waals surface area contributed by atoms with Crippen molar-refractivity contribution in [2.75, 3.05) is 0 Å². The van der Waals surface area contributed by atoms with Crippen LogP contribution in [0, 0.1) is 19.1 Å². The number of hydroxylamine groups is 2. The Kier molecular flexibility index (Phi) is 11.9. The quantitative estimate of drug-likeness (QED) is 0.176. The standard InChI is InChI=1S/C16H13N3O4.2C9H7N2.Ir/c1-10-4-6-17-12(8-10)13-9-11(5-7-18-13)16(22)23-19-14(20)2-3-15(19)21;2*1-2-5-9(6-3-1)11-8-4-7-10-11;/h4-9H,2-3H2,1H3;2*1-5,7-8H;/q;2*-1;. The largest absolute Gasteiger partial charge is 0.364 e. The van der Waals surface area contributed by atoms with Crippen LogP contribution >= 0.6 is 0 Å². The Morgan fingerprint density at radius 3 is 1.74 bits per heavy atom. The van der Waals surface area contributed by atoms with Crippen LogP contribution < -0.4 is 0 Å². The third-order valence-electron chi connectivity index (χ3n) is 6.24. The summed E-state index contributed by atoms with van der Waals surface area (Å²) in [5, 5.41) is 8.66. The number of carbonyl (C=O) groups is 3. The molecule has 5 heterocycles. The predicted molar refractivity (Wildman–Crippen MR) is 164 cm³/mol. The van der Waals surface area contributed by atoms with E-state index in [9.17, 15) is 14.4 Å². The second-order valence-electron chi connectivity index (χ2n) is 9.51. The summed E-state index contributed by atoms with van der Waals surface area (Å²) in [5.74, 6) is -1.82. The van der Waals surface area contributed by atoms with Crippen LogP contribution in [0.5, 0.6) is 0 Å². The molecule has 0 unspecified atom stereocenters. The number of amides is 2. The minimum Gasteiger partial charge on any atom is -0.325 e. The average molecular weight is 790 g/mol. The Morgan fingerprint density at radius 2 is 1.26 bits per heavy atom. The zero-order chi connectivity index (χ0) is 31.4. The molecule has 0 N–H and O–H groups in total. The topological polar surface area (TPSA) is 125 Å². The van der Waals surface area contributed by atoms with E-state index in [2.05, 4.69) is 32.3 Å². The molecular weight excluding hydrogens is 763 g/mol. The van der Waals surface area contributed by atoms with Crippen LogP contribution in [-0.2, 0) is 34.5 Å². The molecule has 6 aromatic rings. The molecule has 2 aromatic carbocycles. The molecule has 233 valence electrons. The first-order valence-electron chi connectivity index (χ1n) is 13.9. The van der Waals surface area contributed by atoms with E-state index in [1.165, 1.54) is 18.3 Å². The van der Waals surface area contributed by atoms with Gasteiger partial charge in [-0.2, -0.15) is 58.7 Å². The number of aryl methyl sites for hydroxylation is 1. The molecule has 1 saturated heterocycles. The van der Waals surface area contributed by atoms with E-state index in [0.717, 1.165) is 16.9 Å². The summed E-state index contributed by atoms with van der Waals surface area (Å²) in [5.41, 5.74) is 4.26. The first kappa shape index (κ1) is 33.3. The third-order valence-corrected chi connectivity index (χ3v) is 6.24. The van der Waals surface area contributed by atoms with Gasteiger partial charge >= 0.3 is 5.97 Å². The van der Waals surface area contributed by atoms with Gasteiger partial charge in [0.2, 0.25) is 0 Å². The summed E-state index contributed by atoms with van der Waals surface area (Å²) in [7, 11) is 0. The fourth-order valence-electron chi connectivity index (χ4n) is 4.04. The molecule has 1 radical (unpaired) electrons. The number of hydrogen-bond acceptors (Lipinski definition) is 8. The number of imide groups is 1. The molecule has 0 atom stereocenters. The molecule has 4 aromatic heterocycles. The van der Waals surface area contributed by atoms with Crippen LogP contribution in [0.3, 0.4) is 0 Å². The number of benzene rings is 2. The van der Waals surface area contributed by atoms with Gasteiger partial charge < -0.3 is 4.84 Å². The number of aromatic nitrogens is 6. The molecule has 7 rings (SSSR count). The molecule has 0 bridgehead atoms. The summed E-state index contributed by atoms with van der Waals surface area (Å²) in [6.45, 7) is 1.92. The second kappa shape index (κ2) is 16.5. The van der Waals surface area contributed by atoms with Crippen LogP contribution in [-0.4, -0.2) is 52.4 Å². The van der Waals surface area contributed by atoms with Gasteiger partial charge in [0.15, 0.2) is 0 Å². The summed E-state index contributed by atoms with van der Waals surface area (Å²) in [4.78, 5) is 48.4. The normalized spacial score (nSPS) is 11.8. The van der Waals surface area contributed by atoms with Crippen molar-refractivity contribution in [3.05, 3.63) is 145 Å². The first-order chi connectivity index (χ1) is 22.0. The average Bonchev–Trinajstić information content (AvgIpc) is 3.88. The zero-order valence-electron chi connectivity index (χ0n) is 24.6. The Labute approximate surface area is 278 Å². The second-order valence-corrected chi connectivity index (χ2v) is 9.51. The third kappa shape index (κ3) is 8.98. The van der Waals surface area contributed by atoms with Crippen molar-refractivity contribution in [2.24, 2.45) is 0 Å². The van der Waals surface area contributed by atoms with Gasteiger partial charge in [-0.3, -0.25) is 28.9 Å². The van der Waals surface area contributed by atoms with Crippen molar-refractivity contribution < 1.29 is 39.3 Å². The maximum Gasteiger partial charge on any atom is 0.364 e. The molecule has 1 aliphatic heterocycles. The van der Waals surface area contributed by atoms with Gasteiger partial charge in [-0.25, -0.2) is 4.79 Å². The Morgan fingerprint density at radius 1 is 0.717 bits per heavy atom. The van der Waals surface area contributed by atoms with E-state index in [4.69, 9.17) is 4.84 Å². The summed E-state index contributed by atoms with van der Waals surface area (Å²) >= 11 is 0. The van der Waals surface area contributed by atoms with Crippen LogP contribution in [0.1, 0.15) is 28.8 Å². The number of rotatable bonds is 5. The molecule has 1 fully saturated rings. The van der Waals surface area contributed by atoms with Gasteiger partial charge in [0.1, 0.15) is 0 Å². The summed E-state index contributed by atoms with van der Waals surface area (Å²) in [6.07, 6.45) is 10.5. The van der Waals surface area contributed by atoms with Gasteiger partial charge in [0, 0.05) is 70.1 Å². The van der Waals surface area contributed by atoms with E-state index in [1.54, 1.807) is 28.0 Å². The van der Waals surface area contributed by atoms with Gasteiger partial charge in [-0.15, -0.1) is 17.2 Å². The zero-order valence-corrected chi connectivity index (χ0v) is 27.0. The van der Waals surface area contributed by atoms with E-state index >= 15 is 0 Å². The molecular formula is C34H27IrN7O4-2. The van der Waals surface area contributed by atoms with Gasteiger partial charge in [0.05, 0.1) is 17.0 Å². The smallest absolute Gasteiger partial charge is 0.325 e. The van der Waals surface area contributed by atoms with Crippen molar-refractivity contribution in [1.29, 1.82) is 0 Å². The van der Waals surface area contributed by atoms with Crippen LogP contribution in [0.4, 0.5) is 0 Å². The predicted octanol–water partition coefficient (Wildman–Crippen LogP) is 5.02. The number of para-hydroxylation sites is 2. The van der Waals surface area contributed by atoms with Crippen molar-refractivity contribution >= 4 is 17.8 Å². The van der Waals surface area contributed by atoms with Crippen molar-refractivity contribution in [3.63, 3.8) is 0 Å². The maximum atomic E-state index is 12.1. The van der Waals surface area contributed by atoms with Crippen LogP contribution in [0.25, 0.3) is 22.8 Å². The van der Waals surface area contributed by atoms with Crippen molar-refractivity contribution in [1.82, 2.24) is 34.6 Å². The Balaban J connectivity index is 0.000000174. The monoisotopic (exact) mass is 790 g/mol. The molecule has 0 saturated carbocycles. The number of hydrogen-bond donors (Lipinski definition) is 0.